The molecule has 0 bridgehead atoms. The fourth-order valence-electron chi connectivity index (χ4n) is 7.29. The van der Waals surface area contributed by atoms with E-state index in [9.17, 15) is 29.6 Å². The monoisotopic (exact) mass is 749 g/mol. The summed E-state index contributed by atoms with van der Waals surface area (Å²) in [6.07, 6.45) is -2.46. The summed E-state index contributed by atoms with van der Waals surface area (Å²) in [5.74, 6) is -1.09. The van der Waals surface area contributed by atoms with E-state index in [0.717, 1.165) is 53.5 Å². The molecule has 4 aromatic carbocycles. The number of carbonyl (C=O) groups excluding carboxylic acids is 3. The molecule has 14 nitrogen and oxygen atoms in total. The van der Waals surface area contributed by atoms with E-state index in [4.69, 9.17) is 14.2 Å². The average molecular weight is 750 g/mol. The Morgan fingerprint density at radius 2 is 1.60 bits per heavy atom. The van der Waals surface area contributed by atoms with Crippen molar-refractivity contribution in [1.82, 2.24) is 10.2 Å². The number of benzene rings is 4. The minimum absolute atomic E-state index is 0.0270. The summed E-state index contributed by atoms with van der Waals surface area (Å²) in [6.45, 7) is 5.67. The smallest absolute Gasteiger partial charge is 0.408 e. The van der Waals surface area contributed by atoms with Gasteiger partial charge in [-0.05, 0) is 41.0 Å². The quantitative estimate of drug-likeness (QED) is 0.117. The SMILES string of the molecule is C[C@H]1[C@@H](CN2CCN(c3ccc([N+](=O)[O-])cc3)CC2)O[C@@H](c2cccc(N3C(=O)CC(NC(=O)OCc4ccccc4)C3=O)c2)O[C@H]1c1ccc(CO)cc1. The van der Waals surface area contributed by atoms with E-state index in [1.165, 1.54) is 12.1 Å². The molecule has 2 N–H and O–H groups in total. The predicted octanol–water partition coefficient (Wildman–Crippen LogP) is 5.26. The summed E-state index contributed by atoms with van der Waals surface area (Å²) in [5.41, 5.74) is 4.46. The number of anilines is 2. The van der Waals surface area contributed by atoms with Gasteiger partial charge in [0.05, 0.1) is 35.8 Å². The molecule has 0 spiro atoms. The van der Waals surface area contributed by atoms with Crippen LogP contribution in [-0.4, -0.2) is 77.7 Å². The molecule has 3 amide bonds. The molecule has 286 valence electrons. The lowest BCUT2D eigenvalue weighted by Gasteiger charge is -2.44. The summed E-state index contributed by atoms with van der Waals surface area (Å²) in [5, 5.41) is 23.3. The van der Waals surface area contributed by atoms with Gasteiger partial charge in [0.15, 0.2) is 6.29 Å². The second-order valence-electron chi connectivity index (χ2n) is 14.0. The Kier molecular flexibility index (Phi) is 11.5. The van der Waals surface area contributed by atoms with Gasteiger partial charge in [-0.2, -0.15) is 0 Å². The molecule has 1 unspecified atom stereocenters. The minimum atomic E-state index is -1.07. The summed E-state index contributed by atoms with van der Waals surface area (Å²) in [6, 6.07) is 29.3. The standard InChI is InChI=1S/C41H43N5O9/c1-27-36(24-43-18-20-44(21-19-43)32-14-16-33(17-15-32)46(51)52)54-40(55-38(27)30-12-10-28(25-47)11-13-30)31-8-5-9-34(22-31)45-37(48)23-35(39(45)49)42-41(50)53-26-29-6-3-2-4-7-29/h2-17,22,27,35-36,38,40,47H,18-21,23-26H2,1H3,(H,42,50)/t27-,35?,36+,38+,40+/m0/s1. The highest BCUT2D eigenvalue weighted by molar-refractivity contribution is 6.22. The first kappa shape index (κ1) is 37.6. The zero-order valence-electron chi connectivity index (χ0n) is 30.4. The third-order valence-corrected chi connectivity index (χ3v) is 10.4. The molecule has 3 heterocycles. The van der Waals surface area contributed by atoms with Crippen molar-refractivity contribution in [2.75, 3.05) is 42.5 Å². The molecule has 0 saturated carbocycles. The van der Waals surface area contributed by atoms with Crippen molar-refractivity contribution in [2.24, 2.45) is 5.92 Å². The summed E-state index contributed by atoms with van der Waals surface area (Å²) >= 11 is 0. The lowest BCUT2D eigenvalue weighted by molar-refractivity contribution is -0.384. The van der Waals surface area contributed by atoms with Crippen LogP contribution in [0.25, 0.3) is 0 Å². The molecule has 3 saturated heterocycles. The number of nitro groups is 1. The van der Waals surface area contributed by atoms with Crippen LogP contribution < -0.4 is 15.1 Å². The first-order valence-corrected chi connectivity index (χ1v) is 18.3. The van der Waals surface area contributed by atoms with E-state index in [0.29, 0.717) is 17.8 Å². The molecule has 4 aromatic rings. The van der Waals surface area contributed by atoms with E-state index in [1.54, 1.807) is 30.3 Å². The molecule has 0 aromatic heterocycles. The van der Waals surface area contributed by atoms with E-state index in [-0.39, 0.29) is 43.4 Å². The summed E-state index contributed by atoms with van der Waals surface area (Å²) in [7, 11) is 0. The fraction of sp³-hybridized carbons (Fsp3) is 0.341. The molecule has 14 heteroatoms. The number of carbonyl (C=O) groups is 3. The Morgan fingerprint density at radius 3 is 2.29 bits per heavy atom. The number of imide groups is 1. The molecule has 3 aliphatic rings. The zero-order valence-corrected chi connectivity index (χ0v) is 30.4. The van der Waals surface area contributed by atoms with Gasteiger partial charge in [0.2, 0.25) is 5.91 Å². The number of non-ortho nitro benzene ring substituents is 1. The van der Waals surface area contributed by atoms with Gasteiger partial charge in [0.25, 0.3) is 11.6 Å². The first-order chi connectivity index (χ1) is 26.7. The number of nitro benzene ring substituents is 1. The van der Waals surface area contributed by atoms with Crippen LogP contribution in [0.15, 0.2) is 103 Å². The maximum atomic E-state index is 13.5. The normalized spacial score (nSPS) is 23.1. The summed E-state index contributed by atoms with van der Waals surface area (Å²) < 4.78 is 18.6. The number of aliphatic hydroxyl groups is 1. The number of alkyl carbamates (subject to hydrolysis) is 1. The van der Waals surface area contributed by atoms with Crippen LogP contribution >= 0.6 is 0 Å². The topological polar surface area (TPSA) is 164 Å². The van der Waals surface area contributed by atoms with Crippen molar-refractivity contribution >= 4 is 35.0 Å². The number of hydrogen-bond donors (Lipinski definition) is 2. The molecular formula is C41H43N5O9. The number of hydrogen-bond acceptors (Lipinski definition) is 11. The molecule has 3 fully saturated rings. The largest absolute Gasteiger partial charge is 0.445 e. The molecule has 0 aliphatic carbocycles. The molecule has 5 atom stereocenters. The van der Waals surface area contributed by atoms with Crippen LogP contribution in [0.1, 0.15) is 48.0 Å². The maximum Gasteiger partial charge on any atom is 0.408 e. The van der Waals surface area contributed by atoms with Crippen LogP contribution in [0, 0.1) is 16.0 Å². The van der Waals surface area contributed by atoms with Crippen LogP contribution in [0.4, 0.5) is 21.9 Å². The van der Waals surface area contributed by atoms with Crippen molar-refractivity contribution in [3.8, 4) is 0 Å². The first-order valence-electron chi connectivity index (χ1n) is 18.3. The predicted molar refractivity (Wildman–Crippen MR) is 202 cm³/mol. The van der Waals surface area contributed by atoms with E-state index >= 15 is 0 Å². The second-order valence-corrected chi connectivity index (χ2v) is 14.0. The van der Waals surface area contributed by atoms with Crippen LogP contribution in [0.3, 0.4) is 0 Å². The number of aliphatic hydroxyl groups excluding tert-OH is 1. The third kappa shape index (κ3) is 8.68. The van der Waals surface area contributed by atoms with Crippen molar-refractivity contribution in [3.63, 3.8) is 0 Å². The molecular weight excluding hydrogens is 706 g/mol. The maximum absolute atomic E-state index is 13.5. The van der Waals surface area contributed by atoms with E-state index in [2.05, 4.69) is 22.0 Å². The van der Waals surface area contributed by atoms with Gasteiger partial charge in [0, 0.05) is 62.0 Å². The Hall–Kier alpha value is -5.67. The highest BCUT2D eigenvalue weighted by Gasteiger charge is 2.42. The van der Waals surface area contributed by atoms with Gasteiger partial charge in [0.1, 0.15) is 12.6 Å². The number of amides is 3. The Balaban J connectivity index is 1.05. The number of nitrogens with one attached hydrogen (secondary N) is 1. The van der Waals surface area contributed by atoms with Gasteiger partial charge in [-0.1, -0.05) is 73.7 Å². The minimum Gasteiger partial charge on any atom is -0.445 e. The summed E-state index contributed by atoms with van der Waals surface area (Å²) in [4.78, 5) is 55.6. The van der Waals surface area contributed by atoms with E-state index in [1.807, 2.05) is 60.7 Å². The van der Waals surface area contributed by atoms with Crippen molar-refractivity contribution < 1.29 is 38.6 Å². The van der Waals surface area contributed by atoms with Gasteiger partial charge in [-0.15, -0.1) is 0 Å². The van der Waals surface area contributed by atoms with Crippen molar-refractivity contribution in [2.45, 2.75) is 51.1 Å². The lowest BCUT2D eigenvalue weighted by atomic mass is 9.90. The average Bonchev–Trinajstić information content (AvgIpc) is 3.49. The highest BCUT2D eigenvalue weighted by atomic mass is 16.7. The van der Waals surface area contributed by atoms with Crippen molar-refractivity contribution in [1.29, 1.82) is 0 Å². The van der Waals surface area contributed by atoms with E-state index < -0.39 is 35.2 Å². The zero-order chi connectivity index (χ0) is 38.5. The highest BCUT2D eigenvalue weighted by Crippen LogP contribution is 2.42. The third-order valence-electron chi connectivity index (χ3n) is 10.4. The Bertz CT molecular complexity index is 1990. The fourth-order valence-corrected chi connectivity index (χ4v) is 7.29. The second kappa shape index (κ2) is 16.8. The van der Waals surface area contributed by atoms with Crippen molar-refractivity contribution in [3.05, 3.63) is 135 Å². The number of rotatable bonds is 11. The van der Waals surface area contributed by atoms with Gasteiger partial charge in [-0.25, -0.2) is 9.69 Å². The van der Waals surface area contributed by atoms with Gasteiger partial charge >= 0.3 is 6.09 Å². The lowest BCUT2D eigenvalue weighted by Crippen LogP contribution is -2.51. The number of ether oxygens (including phenoxy) is 3. The molecule has 3 aliphatic heterocycles. The number of piperazine rings is 1. The Morgan fingerprint density at radius 1 is 0.873 bits per heavy atom. The molecule has 0 radical (unpaired) electrons. The molecule has 55 heavy (non-hydrogen) atoms. The van der Waals surface area contributed by atoms with Crippen LogP contribution in [-0.2, 0) is 37.0 Å². The number of nitrogens with zero attached hydrogens (tertiary/aromatic N) is 4. The molecule has 7 rings (SSSR count). The van der Waals surface area contributed by atoms with Gasteiger partial charge in [-0.3, -0.25) is 24.6 Å². The van der Waals surface area contributed by atoms with Gasteiger partial charge < -0.3 is 29.5 Å². The van der Waals surface area contributed by atoms with Crippen LogP contribution in [0.2, 0.25) is 0 Å². The van der Waals surface area contributed by atoms with Crippen LogP contribution in [0.5, 0.6) is 0 Å². The Labute approximate surface area is 318 Å².